The summed E-state index contributed by atoms with van der Waals surface area (Å²) in [6, 6.07) is 9.34. The highest BCUT2D eigenvalue weighted by atomic mass is 32.1. The highest BCUT2D eigenvalue weighted by Gasteiger charge is 2.24. The Morgan fingerprint density at radius 2 is 2.07 bits per heavy atom. The van der Waals surface area contributed by atoms with Crippen LogP contribution in [0.15, 0.2) is 41.1 Å². The molecule has 28 heavy (non-hydrogen) atoms. The lowest BCUT2D eigenvalue weighted by Gasteiger charge is -2.26. The predicted octanol–water partition coefficient (Wildman–Crippen LogP) is 3.59. The zero-order valence-corrected chi connectivity index (χ0v) is 16.9. The molecule has 1 aromatic carbocycles. The highest BCUT2D eigenvalue weighted by molar-refractivity contribution is 7.16. The Balaban J connectivity index is 1.39. The van der Waals surface area contributed by atoms with Gasteiger partial charge in [0.25, 0.3) is 5.91 Å². The molecule has 3 heterocycles. The van der Waals surface area contributed by atoms with Crippen LogP contribution in [-0.2, 0) is 24.2 Å². The average Bonchev–Trinajstić information content (AvgIpc) is 3.37. The number of ether oxygens (including phenoxy) is 1. The molecular formula is C20H19N3O3S2. The fourth-order valence-corrected chi connectivity index (χ4v) is 4.71. The van der Waals surface area contributed by atoms with Gasteiger partial charge in [-0.25, -0.2) is 4.98 Å². The smallest absolute Gasteiger partial charge is 0.258 e. The number of methoxy groups -OCH3 is 1. The number of anilines is 1. The number of benzene rings is 1. The summed E-state index contributed by atoms with van der Waals surface area (Å²) in [5.41, 5.74) is 2.57. The van der Waals surface area contributed by atoms with Crippen molar-refractivity contribution >= 4 is 39.6 Å². The first kappa shape index (κ1) is 18.6. The van der Waals surface area contributed by atoms with Crippen molar-refractivity contribution in [3.05, 3.63) is 62.8 Å². The summed E-state index contributed by atoms with van der Waals surface area (Å²) < 4.78 is 5.15. The van der Waals surface area contributed by atoms with E-state index in [1.54, 1.807) is 13.2 Å². The van der Waals surface area contributed by atoms with Gasteiger partial charge in [-0.2, -0.15) is 11.3 Å². The maximum absolute atomic E-state index is 12.7. The molecule has 0 radical (unpaired) electrons. The van der Waals surface area contributed by atoms with Gasteiger partial charge in [0, 0.05) is 23.2 Å². The lowest BCUT2D eigenvalue weighted by Crippen LogP contribution is -2.36. The van der Waals surface area contributed by atoms with Gasteiger partial charge in [-0.1, -0.05) is 23.5 Å². The molecule has 8 heteroatoms. The Kier molecular flexibility index (Phi) is 5.40. The fraction of sp³-hybridized carbons (Fsp3) is 0.250. The topological polar surface area (TPSA) is 71.5 Å². The van der Waals surface area contributed by atoms with Gasteiger partial charge in [0.15, 0.2) is 5.13 Å². The molecule has 0 saturated carbocycles. The molecular weight excluding hydrogens is 394 g/mol. The average molecular weight is 414 g/mol. The second kappa shape index (κ2) is 8.12. The van der Waals surface area contributed by atoms with Crippen LogP contribution >= 0.6 is 22.7 Å². The van der Waals surface area contributed by atoms with Gasteiger partial charge in [-0.3, -0.25) is 14.9 Å². The molecule has 1 N–H and O–H groups in total. The number of nitrogens with one attached hydrogen (secondary N) is 1. The van der Waals surface area contributed by atoms with E-state index in [-0.39, 0.29) is 11.8 Å². The van der Waals surface area contributed by atoms with Crippen LogP contribution in [0.4, 0.5) is 5.13 Å². The minimum absolute atomic E-state index is 0.0908. The molecule has 3 aromatic rings. The maximum atomic E-state index is 12.7. The number of aromatic nitrogens is 1. The first-order valence-electron chi connectivity index (χ1n) is 8.85. The summed E-state index contributed by atoms with van der Waals surface area (Å²) >= 11 is 2.93. The molecule has 6 nitrogen and oxygen atoms in total. The van der Waals surface area contributed by atoms with Crippen LogP contribution in [0.1, 0.15) is 26.5 Å². The van der Waals surface area contributed by atoms with Gasteiger partial charge in [0.1, 0.15) is 5.75 Å². The van der Waals surface area contributed by atoms with E-state index < -0.39 is 0 Å². The fourth-order valence-electron chi connectivity index (χ4n) is 3.05. The van der Waals surface area contributed by atoms with E-state index in [4.69, 9.17) is 4.74 Å². The maximum Gasteiger partial charge on any atom is 0.258 e. The van der Waals surface area contributed by atoms with E-state index in [0.717, 1.165) is 21.9 Å². The molecule has 0 saturated heterocycles. The molecule has 2 amide bonds. The molecule has 4 rings (SSSR count). The van der Waals surface area contributed by atoms with Crippen molar-refractivity contribution in [2.75, 3.05) is 19.0 Å². The van der Waals surface area contributed by atoms with E-state index in [1.807, 2.05) is 39.9 Å². The number of carbonyl (C=O) groups is 2. The van der Waals surface area contributed by atoms with Crippen LogP contribution in [0.3, 0.4) is 0 Å². The Morgan fingerprint density at radius 1 is 1.25 bits per heavy atom. The standard InChI is InChI=1S/C20H19N3O3S2/c1-26-15-4-2-13(3-5-15)10-18(24)23-8-6-16-17(11-23)28-20(21-16)22-19(25)14-7-9-27-12-14/h2-5,7,9,12H,6,8,10-11H2,1H3,(H,21,22,25). The van der Waals surface area contributed by atoms with E-state index in [2.05, 4.69) is 10.3 Å². The lowest BCUT2D eigenvalue weighted by molar-refractivity contribution is -0.131. The zero-order valence-electron chi connectivity index (χ0n) is 15.3. The summed E-state index contributed by atoms with van der Waals surface area (Å²) in [7, 11) is 1.62. The molecule has 2 aromatic heterocycles. The minimum Gasteiger partial charge on any atom is -0.497 e. The number of nitrogens with zero attached hydrogens (tertiary/aromatic N) is 2. The summed E-state index contributed by atoms with van der Waals surface area (Å²) in [6.45, 7) is 1.18. The van der Waals surface area contributed by atoms with Crippen LogP contribution in [0.25, 0.3) is 0 Å². The third-order valence-corrected chi connectivity index (χ3v) is 6.28. The van der Waals surface area contributed by atoms with Gasteiger partial charge in [0.2, 0.25) is 5.91 Å². The number of amides is 2. The quantitative estimate of drug-likeness (QED) is 0.694. The Bertz CT molecular complexity index is 981. The number of fused-ring (bicyclic) bond motifs is 1. The van der Waals surface area contributed by atoms with E-state index in [1.165, 1.54) is 22.7 Å². The van der Waals surface area contributed by atoms with Crippen molar-refractivity contribution < 1.29 is 14.3 Å². The highest BCUT2D eigenvalue weighted by Crippen LogP contribution is 2.29. The molecule has 144 valence electrons. The van der Waals surface area contributed by atoms with Crippen LogP contribution in [0.5, 0.6) is 5.75 Å². The largest absolute Gasteiger partial charge is 0.497 e. The van der Waals surface area contributed by atoms with Gasteiger partial charge < -0.3 is 9.64 Å². The lowest BCUT2D eigenvalue weighted by atomic mass is 10.1. The van der Waals surface area contributed by atoms with Gasteiger partial charge >= 0.3 is 0 Å². The van der Waals surface area contributed by atoms with Gasteiger partial charge in [-0.15, -0.1) is 0 Å². The molecule has 0 fully saturated rings. The molecule has 0 spiro atoms. The van der Waals surface area contributed by atoms with E-state index in [0.29, 0.717) is 36.6 Å². The third-order valence-electron chi connectivity index (χ3n) is 4.60. The van der Waals surface area contributed by atoms with Crippen LogP contribution < -0.4 is 10.1 Å². The second-order valence-corrected chi connectivity index (χ2v) is 8.31. The normalized spacial score (nSPS) is 13.1. The molecule has 0 aliphatic carbocycles. The Hall–Kier alpha value is -2.71. The summed E-state index contributed by atoms with van der Waals surface area (Å²) in [4.78, 5) is 32.3. The SMILES string of the molecule is COc1ccc(CC(=O)N2CCc3nc(NC(=O)c4ccsc4)sc3C2)cc1. The number of thiazole rings is 1. The minimum atomic E-state index is -0.153. The Morgan fingerprint density at radius 3 is 2.79 bits per heavy atom. The second-order valence-electron chi connectivity index (χ2n) is 6.45. The summed E-state index contributed by atoms with van der Waals surface area (Å²) in [5, 5.41) is 7.12. The number of hydrogen-bond acceptors (Lipinski definition) is 6. The first-order chi connectivity index (χ1) is 13.6. The predicted molar refractivity (Wildman–Crippen MR) is 110 cm³/mol. The van der Waals surface area contributed by atoms with E-state index >= 15 is 0 Å². The van der Waals surface area contributed by atoms with Gasteiger partial charge in [0.05, 0.1) is 31.3 Å². The van der Waals surface area contributed by atoms with Crippen molar-refractivity contribution in [2.24, 2.45) is 0 Å². The third kappa shape index (κ3) is 4.07. The Labute approximate surface area is 170 Å². The van der Waals surface area contributed by atoms with Crippen molar-refractivity contribution in [1.29, 1.82) is 0 Å². The molecule has 1 aliphatic heterocycles. The van der Waals surface area contributed by atoms with Crippen molar-refractivity contribution in [1.82, 2.24) is 9.88 Å². The van der Waals surface area contributed by atoms with Crippen molar-refractivity contribution in [2.45, 2.75) is 19.4 Å². The molecule has 0 bridgehead atoms. The zero-order chi connectivity index (χ0) is 19.5. The molecule has 0 unspecified atom stereocenters. The van der Waals surface area contributed by atoms with E-state index in [9.17, 15) is 9.59 Å². The van der Waals surface area contributed by atoms with Gasteiger partial charge in [-0.05, 0) is 29.1 Å². The number of rotatable bonds is 5. The summed E-state index contributed by atoms with van der Waals surface area (Å²) in [6.07, 6.45) is 1.06. The van der Waals surface area contributed by atoms with Crippen LogP contribution in [0, 0.1) is 0 Å². The summed E-state index contributed by atoms with van der Waals surface area (Å²) in [5.74, 6) is 0.716. The number of thiophene rings is 1. The van der Waals surface area contributed by atoms with Crippen molar-refractivity contribution in [3.63, 3.8) is 0 Å². The molecule has 1 aliphatic rings. The number of carbonyl (C=O) groups excluding carboxylic acids is 2. The first-order valence-corrected chi connectivity index (χ1v) is 10.6. The van der Waals surface area contributed by atoms with Crippen molar-refractivity contribution in [3.8, 4) is 5.75 Å². The number of hydrogen-bond donors (Lipinski definition) is 1. The molecule has 0 atom stereocenters. The van der Waals surface area contributed by atoms with Crippen LogP contribution in [-0.4, -0.2) is 35.4 Å². The van der Waals surface area contributed by atoms with Crippen LogP contribution in [0.2, 0.25) is 0 Å². The monoisotopic (exact) mass is 413 g/mol.